The monoisotopic (exact) mass is 434 g/mol. The van der Waals surface area contributed by atoms with Crippen LogP contribution in [0.15, 0.2) is 41.1 Å². The fourth-order valence-corrected chi connectivity index (χ4v) is 2.87. The third-order valence-electron chi connectivity index (χ3n) is 3.99. The predicted octanol–water partition coefficient (Wildman–Crippen LogP) is 3.98. The van der Waals surface area contributed by atoms with Gasteiger partial charge in [0.25, 0.3) is 5.89 Å². The number of aldehydes is 1. The maximum Gasteiger partial charge on any atom is 0.314 e. The van der Waals surface area contributed by atoms with E-state index >= 15 is 0 Å². The van der Waals surface area contributed by atoms with Crippen LogP contribution >= 0.6 is 11.6 Å². The van der Waals surface area contributed by atoms with Crippen LogP contribution in [0.2, 0.25) is 5.02 Å². The number of aromatic nitrogens is 6. The minimum absolute atomic E-state index is 0.0310. The molecule has 152 valence electrons. The number of hydrogen-bond acceptors (Lipinski definition) is 7. The normalized spacial score (nSPS) is 11.2. The zero-order valence-electron chi connectivity index (χ0n) is 14.8. The number of pyridine rings is 1. The number of rotatable bonds is 6. The van der Waals surface area contributed by atoms with Crippen LogP contribution in [0.4, 0.5) is 13.2 Å². The molecule has 8 nitrogen and oxygen atoms in total. The van der Waals surface area contributed by atoms with Crippen LogP contribution < -0.4 is 0 Å². The molecule has 0 N–H and O–H groups in total. The molecule has 3 heterocycles. The molecule has 4 rings (SSSR count). The van der Waals surface area contributed by atoms with E-state index in [4.69, 9.17) is 16.0 Å². The Kier molecular flexibility index (Phi) is 5.27. The van der Waals surface area contributed by atoms with E-state index in [0.717, 1.165) is 6.07 Å². The molecule has 0 atom stereocenters. The second-order valence-electron chi connectivity index (χ2n) is 6.09. The quantitative estimate of drug-likeness (QED) is 0.423. The van der Waals surface area contributed by atoms with E-state index in [1.165, 1.54) is 16.9 Å². The first-order valence-corrected chi connectivity index (χ1v) is 8.73. The maximum atomic E-state index is 14.4. The predicted molar refractivity (Wildman–Crippen MR) is 97.4 cm³/mol. The Morgan fingerprint density at radius 2 is 1.97 bits per heavy atom. The van der Waals surface area contributed by atoms with Gasteiger partial charge in [-0.15, -0.1) is 15.3 Å². The summed E-state index contributed by atoms with van der Waals surface area (Å²) in [5.74, 6) is -1.84. The summed E-state index contributed by atoms with van der Waals surface area (Å²) < 4.78 is 45.7. The zero-order chi connectivity index (χ0) is 21.3. The highest BCUT2D eigenvalue weighted by molar-refractivity contribution is 6.31. The van der Waals surface area contributed by atoms with Crippen molar-refractivity contribution in [2.24, 2.45) is 0 Å². The smallest absolute Gasteiger partial charge is 0.314 e. The van der Waals surface area contributed by atoms with Gasteiger partial charge in [0.15, 0.2) is 0 Å². The molecule has 3 aromatic heterocycles. The number of nitrogens with zero attached hydrogens (tertiary/aromatic N) is 6. The van der Waals surface area contributed by atoms with Crippen molar-refractivity contribution >= 4 is 17.9 Å². The third-order valence-corrected chi connectivity index (χ3v) is 4.21. The average Bonchev–Trinajstić information content (AvgIpc) is 3.39. The lowest BCUT2D eigenvalue weighted by molar-refractivity contribution is 0.112. The van der Waals surface area contributed by atoms with E-state index in [0.29, 0.717) is 28.1 Å². The second kappa shape index (κ2) is 8.03. The molecule has 4 aromatic rings. The molecule has 0 saturated heterocycles. The molecular weight excluding hydrogens is 425 g/mol. The summed E-state index contributed by atoms with van der Waals surface area (Å²) in [5.41, 5.74) is 1.49. The molecule has 0 spiro atoms. The maximum absolute atomic E-state index is 14.4. The average molecular weight is 435 g/mol. The summed E-state index contributed by atoms with van der Waals surface area (Å²) in [4.78, 5) is 15.0. The van der Waals surface area contributed by atoms with Gasteiger partial charge in [0.05, 0.1) is 24.0 Å². The van der Waals surface area contributed by atoms with Crippen molar-refractivity contribution in [2.75, 3.05) is 0 Å². The fraction of sp³-hybridized carbons (Fsp3) is 0.111. The topological polar surface area (TPSA) is 99.6 Å². The molecule has 0 saturated carbocycles. The van der Waals surface area contributed by atoms with Gasteiger partial charge in [-0.2, -0.15) is 8.78 Å². The number of alkyl halides is 2. The highest BCUT2D eigenvalue weighted by Gasteiger charge is 2.18. The van der Waals surface area contributed by atoms with E-state index in [1.807, 2.05) is 0 Å². The van der Waals surface area contributed by atoms with E-state index < -0.39 is 18.1 Å². The Morgan fingerprint density at radius 3 is 2.67 bits per heavy atom. The summed E-state index contributed by atoms with van der Waals surface area (Å²) in [6.45, 7) is -0.0493. The van der Waals surface area contributed by atoms with Crippen LogP contribution in [0, 0.1) is 5.82 Å². The van der Waals surface area contributed by atoms with Crippen LogP contribution in [0.1, 0.15) is 28.4 Å². The lowest BCUT2D eigenvalue weighted by Crippen LogP contribution is -2.05. The molecule has 0 unspecified atom stereocenters. The molecule has 0 aliphatic carbocycles. The first-order valence-electron chi connectivity index (χ1n) is 8.35. The van der Waals surface area contributed by atoms with Gasteiger partial charge >= 0.3 is 6.43 Å². The Balaban J connectivity index is 1.55. The number of carbonyl (C=O) groups is 1. The first kappa shape index (κ1) is 19.7. The number of hydrogen-bond donors (Lipinski definition) is 0. The molecule has 0 bridgehead atoms. The van der Waals surface area contributed by atoms with Crippen molar-refractivity contribution < 1.29 is 22.4 Å². The van der Waals surface area contributed by atoms with Crippen molar-refractivity contribution in [1.82, 2.24) is 30.2 Å². The van der Waals surface area contributed by atoms with Crippen LogP contribution in [-0.4, -0.2) is 36.5 Å². The van der Waals surface area contributed by atoms with E-state index in [-0.39, 0.29) is 23.7 Å². The van der Waals surface area contributed by atoms with Gasteiger partial charge in [-0.3, -0.25) is 9.78 Å². The van der Waals surface area contributed by atoms with Crippen LogP contribution in [0.5, 0.6) is 0 Å². The van der Waals surface area contributed by atoms with Gasteiger partial charge in [0, 0.05) is 22.3 Å². The molecule has 0 radical (unpaired) electrons. The van der Waals surface area contributed by atoms with Crippen molar-refractivity contribution in [3.8, 4) is 22.7 Å². The molecule has 12 heteroatoms. The Hall–Kier alpha value is -3.60. The van der Waals surface area contributed by atoms with E-state index in [2.05, 4.69) is 25.5 Å². The van der Waals surface area contributed by atoms with E-state index in [9.17, 15) is 18.0 Å². The molecule has 0 amide bonds. The SMILES string of the molecule is O=Cc1cc(Cl)cc(-c2cn(Cc3ncc(-c4nnc(C(F)F)o4)cc3F)nn2)c1. The fourth-order valence-electron chi connectivity index (χ4n) is 2.63. The van der Waals surface area contributed by atoms with E-state index in [1.54, 1.807) is 18.3 Å². The first-order chi connectivity index (χ1) is 14.4. The lowest BCUT2D eigenvalue weighted by atomic mass is 10.1. The summed E-state index contributed by atoms with van der Waals surface area (Å²) in [5, 5.41) is 14.9. The Labute approximate surface area is 171 Å². The molecule has 1 aromatic carbocycles. The van der Waals surface area contributed by atoms with Crippen LogP contribution in [0.3, 0.4) is 0 Å². The van der Waals surface area contributed by atoms with Gasteiger partial charge in [0.2, 0.25) is 5.89 Å². The molecule has 30 heavy (non-hydrogen) atoms. The Bertz CT molecular complexity index is 1230. The minimum Gasteiger partial charge on any atom is -0.415 e. The number of carbonyl (C=O) groups excluding carboxylic acids is 1. The molecular formula is C18H10ClF3N6O2. The second-order valence-corrected chi connectivity index (χ2v) is 6.53. The lowest BCUT2D eigenvalue weighted by Gasteiger charge is -2.03. The van der Waals surface area contributed by atoms with Crippen molar-refractivity contribution in [3.63, 3.8) is 0 Å². The summed E-state index contributed by atoms with van der Waals surface area (Å²) in [6.07, 6.45) is 0.509. The highest BCUT2D eigenvalue weighted by Crippen LogP contribution is 2.25. The summed E-state index contributed by atoms with van der Waals surface area (Å²) >= 11 is 5.99. The van der Waals surface area contributed by atoms with Gasteiger partial charge in [0.1, 0.15) is 17.8 Å². The number of halogens is 4. The zero-order valence-corrected chi connectivity index (χ0v) is 15.6. The third kappa shape index (κ3) is 4.06. The number of benzene rings is 1. The summed E-state index contributed by atoms with van der Waals surface area (Å²) in [7, 11) is 0. The molecule has 0 aliphatic heterocycles. The van der Waals surface area contributed by atoms with Crippen LogP contribution in [0.25, 0.3) is 22.7 Å². The highest BCUT2D eigenvalue weighted by atomic mass is 35.5. The van der Waals surface area contributed by atoms with Gasteiger partial charge < -0.3 is 4.42 Å². The van der Waals surface area contributed by atoms with Gasteiger partial charge in [-0.25, -0.2) is 9.07 Å². The Morgan fingerprint density at radius 1 is 1.13 bits per heavy atom. The minimum atomic E-state index is -2.92. The van der Waals surface area contributed by atoms with Crippen molar-refractivity contribution in [3.05, 3.63) is 64.6 Å². The summed E-state index contributed by atoms with van der Waals surface area (Å²) in [6, 6.07) is 5.78. The molecule has 0 aliphatic rings. The van der Waals surface area contributed by atoms with Gasteiger partial charge in [-0.1, -0.05) is 16.8 Å². The standard InChI is InChI=1S/C18H10ClF3N6O2/c19-12-2-9(8-29)1-10(3-12)14-6-28(27-24-14)7-15-13(20)4-11(5-23-15)17-25-26-18(30-17)16(21)22/h1-6,8,16H,7H2. The van der Waals surface area contributed by atoms with Crippen molar-refractivity contribution in [2.45, 2.75) is 13.0 Å². The van der Waals surface area contributed by atoms with Crippen molar-refractivity contribution in [1.29, 1.82) is 0 Å². The molecule has 0 fully saturated rings. The van der Waals surface area contributed by atoms with Crippen LogP contribution in [-0.2, 0) is 6.54 Å². The van der Waals surface area contributed by atoms with Gasteiger partial charge in [-0.05, 0) is 24.3 Å². The largest absolute Gasteiger partial charge is 0.415 e.